The minimum Gasteiger partial charge on any atom is -0.399 e. The molecule has 0 aliphatic heterocycles. The summed E-state index contributed by atoms with van der Waals surface area (Å²) in [5, 5.41) is 1.08. The maximum Gasteiger partial charge on any atom is 0.0862 e. The van der Waals surface area contributed by atoms with Gasteiger partial charge in [0.05, 0.1) is 20.6 Å². The predicted molar refractivity (Wildman–Crippen MR) is 127 cm³/mol. The van der Waals surface area contributed by atoms with Crippen molar-refractivity contribution >= 4 is 45.4 Å². The second-order valence-corrected chi connectivity index (χ2v) is 8.97. The number of nitrogen functional groups attached to an aromatic ring is 2. The van der Waals surface area contributed by atoms with Gasteiger partial charge in [-0.2, -0.15) is 0 Å². The van der Waals surface area contributed by atoms with Crippen molar-refractivity contribution in [1.82, 2.24) is 0 Å². The molecular formula is C24H18Cl2N2OS. The Hall–Kier alpha value is -2.79. The van der Waals surface area contributed by atoms with Gasteiger partial charge in [0.25, 0.3) is 0 Å². The molecule has 0 atom stereocenters. The maximum absolute atomic E-state index is 13.8. The Morgan fingerprint density at radius 1 is 0.567 bits per heavy atom. The lowest BCUT2D eigenvalue weighted by molar-refractivity contribution is 0.683. The Labute approximate surface area is 187 Å². The van der Waals surface area contributed by atoms with Crippen LogP contribution in [-0.2, 0) is 10.8 Å². The van der Waals surface area contributed by atoms with Crippen LogP contribution in [0, 0.1) is 0 Å². The fraction of sp³-hybridized carbons (Fsp3) is 0. The molecule has 0 amide bonds. The normalized spacial score (nSPS) is 11.0. The highest BCUT2D eigenvalue weighted by atomic mass is 35.5. The lowest BCUT2D eigenvalue weighted by Gasteiger charge is -2.15. The molecule has 4 N–H and O–H groups in total. The van der Waals surface area contributed by atoms with Crippen LogP contribution in [0.15, 0.2) is 94.7 Å². The van der Waals surface area contributed by atoms with E-state index >= 15 is 0 Å². The summed E-state index contributed by atoms with van der Waals surface area (Å²) in [6.45, 7) is 0. The van der Waals surface area contributed by atoms with E-state index in [0.29, 0.717) is 31.2 Å². The quantitative estimate of drug-likeness (QED) is 0.340. The van der Waals surface area contributed by atoms with Gasteiger partial charge in [-0.3, -0.25) is 0 Å². The van der Waals surface area contributed by atoms with Gasteiger partial charge in [0.1, 0.15) is 0 Å². The Morgan fingerprint density at radius 3 is 1.40 bits per heavy atom. The third-order valence-corrected chi connectivity index (χ3v) is 6.90. The van der Waals surface area contributed by atoms with Gasteiger partial charge in [-0.25, -0.2) is 4.21 Å². The van der Waals surface area contributed by atoms with E-state index < -0.39 is 10.8 Å². The number of anilines is 2. The first-order valence-electron chi connectivity index (χ1n) is 9.16. The summed E-state index contributed by atoms with van der Waals surface area (Å²) in [6, 6.07) is 25.5. The lowest BCUT2D eigenvalue weighted by Crippen LogP contribution is -1.99. The summed E-state index contributed by atoms with van der Waals surface area (Å²) in [5.74, 6) is 0. The molecule has 150 valence electrons. The number of nitrogens with two attached hydrogens (primary N) is 2. The topological polar surface area (TPSA) is 69.1 Å². The monoisotopic (exact) mass is 452 g/mol. The van der Waals surface area contributed by atoms with Crippen LogP contribution < -0.4 is 11.5 Å². The molecule has 0 heterocycles. The van der Waals surface area contributed by atoms with Crippen molar-refractivity contribution in [2.75, 3.05) is 11.5 Å². The fourth-order valence-electron chi connectivity index (χ4n) is 3.32. The van der Waals surface area contributed by atoms with Crippen LogP contribution in [0.2, 0.25) is 10.0 Å². The first-order valence-corrected chi connectivity index (χ1v) is 11.1. The van der Waals surface area contributed by atoms with Crippen molar-refractivity contribution in [3.63, 3.8) is 0 Å². The van der Waals surface area contributed by atoms with Crippen LogP contribution in [0.4, 0.5) is 11.4 Å². The van der Waals surface area contributed by atoms with Crippen molar-refractivity contribution in [3.05, 3.63) is 95.0 Å². The number of halogens is 2. The first kappa shape index (κ1) is 20.5. The van der Waals surface area contributed by atoms with Gasteiger partial charge < -0.3 is 11.5 Å². The van der Waals surface area contributed by atoms with Gasteiger partial charge in [0.15, 0.2) is 0 Å². The molecule has 0 bridgehead atoms. The van der Waals surface area contributed by atoms with Gasteiger partial charge in [-0.05, 0) is 59.7 Å². The Bertz CT molecular complexity index is 1180. The van der Waals surface area contributed by atoms with E-state index in [-0.39, 0.29) is 0 Å². The molecule has 0 saturated heterocycles. The van der Waals surface area contributed by atoms with Crippen LogP contribution in [0.25, 0.3) is 22.3 Å². The van der Waals surface area contributed by atoms with E-state index in [2.05, 4.69) is 0 Å². The molecule has 4 aromatic carbocycles. The fourth-order valence-corrected chi connectivity index (χ4v) is 5.15. The van der Waals surface area contributed by atoms with Crippen LogP contribution in [0.3, 0.4) is 0 Å². The second-order valence-electron chi connectivity index (χ2n) is 6.74. The van der Waals surface area contributed by atoms with Crippen LogP contribution in [-0.4, -0.2) is 4.21 Å². The molecule has 30 heavy (non-hydrogen) atoms. The highest BCUT2D eigenvalue weighted by Crippen LogP contribution is 2.38. The number of rotatable bonds is 4. The Morgan fingerprint density at radius 2 is 0.967 bits per heavy atom. The summed E-state index contributed by atoms with van der Waals surface area (Å²) >= 11 is 12.9. The van der Waals surface area contributed by atoms with Crippen LogP contribution in [0.1, 0.15) is 0 Å². The smallest absolute Gasteiger partial charge is 0.0862 e. The molecule has 4 aromatic rings. The summed E-state index contributed by atoms with van der Waals surface area (Å²) in [7, 11) is -1.50. The number of benzene rings is 4. The predicted octanol–water partition coefficient (Wildman–Crippen LogP) is 6.66. The van der Waals surface area contributed by atoms with Gasteiger partial charge >= 0.3 is 0 Å². The van der Waals surface area contributed by atoms with E-state index in [9.17, 15) is 4.21 Å². The third kappa shape index (κ3) is 3.94. The largest absolute Gasteiger partial charge is 0.399 e. The zero-order valence-electron chi connectivity index (χ0n) is 15.8. The van der Waals surface area contributed by atoms with Crippen molar-refractivity contribution < 1.29 is 4.21 Å². The molecule has 0 radical (unpaired) electrons. The standard InChI is InChI=1S/C24H18Cl2N2OS/c25-21-11-9-15(27)13-19(21)17-5-1-3-7-23(17)30(29)24-8-4-2-6-18(24)20-14-16(28)10-12-22(20)26/h1-14H,27-28H2. The third-order valence-electron chi connectivity index (χ3n) is 4.73. The molecular weight excluding hydrogens is 435 g/mol. The average Bonchev–Trinajstić information content (AvgIpc) is 2.76. The molecule has 0 unspecified atom stereocenters. The zero-order valence-corrected chi connectivity index (χ0v) is 18.1. The summed E-state index contributed by atoms with van der Waals surface area (Å²) in [6.07, 6.45) is 0. The number of hydrogen-bond acceptors (Lipinski definition) is 3. The summed E-state index contributed by atoms with van der Waals surface area (Å²) < 4.78 is 13.8. The zero-order chi connectivity index (χ0) is 21.3. The first-order chi connectivity index (χ1) is 14.5. The average molecular weight is 453 g/mol. The van der Waals surface area contributed by atoms with Crippen LogP contribution in [0.5, 0.6) is 0 Å². The van der Waals surface area contributed by atoms with Crippen molar-refractivity contribution in [3.8, 4) is 22.3 Å². The molecule has 4 rings (SSSR count). The molecule has 0 spiro atoms. The molecule has 0 aliphatic rings. The van der Waals surface area contributed by atoms with Gasteiger partial charge in [-0.1, -0.05) is 59.6 Å². The molecule has 0 fully saturated rings. The Kier molecular flexibility index (Phi) is 5.82. The minimum atomic E-state index is -1.50. The highest BCUT2D eigenvalue weighted by molar-refractivity contribution is 7.85. The van der Waals surface area contributed by atoms with E-state index in [1.807, 2.05) is 48.5 Å². The second kappa shape index (κ2) is 8.52. The van der Waals surface area contributed by atoms with E-state index in [4.69, 9.17) is 34.7 Å². The molecule has 3 nitrogen and oxygen atoms in total. The summed E-state index contributed by atoms with van der Waals surface area (Å²) in [4.78, 5) is 1.27. The lowest BCUT2D eigenvalue weighted by atomic mass is 10.0. The number of hydrogen-bond donors (Lipinski definition) is 2. The SMILES string of the molecule is Nc1ccc(Cl)c(-c2ccccc2S(=O)c2ccccc2-c2cc(N)ccc2Cl)c1. The molecule has 0 aliphatic carbocycles. The molecule has 6 heteroatoms. The molecule has 0 aromatic heterocycles. The van der Waals surface area contributed by atoms with Crippen molar-refractivity contribution in [2.24, 2.45) is 0 Å². The van der Waals surface area contributed by atoms with Crippen LogP contribution >= 0.6 is 23.2 Å². The van der Waals surface area contributed by atoms with Gasteiger partial charge in [-0.15, -0.1) is 0 Å². The Balaban J connectivity index is 1.89. The van der Waals surface area contributed by atoms with Crippen molar-refractivity contribution in [1.29, 1.82) is 0 Å². The van der Waals surface area contributed by atoms with Crippen molar-refractivity contribution in [2.45, 2.75) is 9.79 Å². The molecule has 0 saturated carbocycles. The summed E-state index contributed by atoms with van der Waals surface area (Å²) in [5.41, 5.74) is 16.1. The van der Waals surface area contributed by atoms with E-state index in [1.54, 1.807) is 36.4 Å². The highest BCUT2D eigenvalue weighted by Gasteiger charge is 2.19. The van der Waals surface area contributed by atoms with E-state index in [1.165, 1.54) is 0 Å². The van der Waals surface area contributed by atoms with E-state index in [0.717, 1.165) is 22.3 Å². The van der Waals surface area contributed by atoms with Gasteiger partial charge in [0, 0.05) is 32.5 Å². The van der Waals surface area contributed by atoms with Gasteiger partial charge in [0.2, 0.25) is 0 Å². The minimum absolute atomic E-state index is 0.542. The maximum atomic E-state index is 13.8.